The van der Waals surface area contributed by atoms with E-state index in [1.165, 1.54) is 10.7 Å². The number of nitrogens with one attached hydrogen (secondary N) is 2. The molecule has 0 saturated carbocycles. The largest absolute Gasteiger partial charge is 0.390 e. The van der Waals surface area contributed by atoms with E-state index in [1.54, 1.807) is 19.1 Å². The summed E-state index contributed by atoms with van der Waals surface area (Å²) in [6, 6.07) is 4.47. The monoisotopic (exact) mass is 346 g/mol. The molecule has 3 N–H and O–H groups in total. The van der Waals surface area contributed by atoms with Gasteiger partial charge in [-0.05, 0) is 30.0 Å². The lowest BCUT2D eigenvalue weighted by molar-refractivity contribution is 0.274. The first-order valence-corrected chi connectivity index (χ1v) is 7.94. The highest BCUT2D eigenvalue weighted by Gasteiger charge is 2.25. The molecule has 3 aromatic rings. The molecule has 0 aliphatic carbocycles. The lowest BCUT2D eigenvalue weighted by Crippen LogP contribution is -2.24. The molecule has 1 unspecified atom stereocenters. The van der Waals surface area contributed by atoms with Gasteiger partial charge in [-0.3, -0.25) is 14.8 Å². The van der Waals surface area contributed by atoms with Crippen LogP contribution in [-0.2, 0) is 6.61 Å². The number of rotatable bonds is 4. The van der Waals surface area contributed by atoms with Crippen molar-refractivity contribution in [3.63, 3.8) is 0 Å². The van der Waals surface area contributed by atoms with E-state index < -0.39 is 23.9 Å². The topological polar surface area (TPSA) is 104 Å². The van der Waals surface area contributed by atoms with E-state index in [9.17, 15) is 19.1 Å². The van der Waals surface area contributed by atoms with Crippen LogP contribution in [0.1, 0.15) is 36.7 Å². The summed E-state index contributed by atoms with van der Waals surface area (Å²) in [5.41, 5.74) is 0.265. The summed E-state index contributed by atoms with van der Waals surface area (Å²) >= 11 is 0. The Bertz CT molecular complexity index is 1050. The lowest BCUT2D eigenvalue weighted by atomic mass is 9.95. The van der Waals surface area contributed by atoms with Crippen LogP contribution in [0.4, 0.5) is 4.39 Å². The molecule has 0 radical (unpaired) electrons. The fourth-order valence-electron chi connectivity index (χ4n) is 3.06. The summed E-state index contributed by atoms with van der Waals surface area (Å²) in [6.07, 6.45) is 0. The SMILES string of the molecule is Cc1ccc(C(C(C)C)n2nc(CO)c3c(=O)[nH]c(=O)[nH]c32)cc1F. The van der Waals surface area contributed by atoms with Gasteiger partial charge in [-0.1, -0.05) is 26.0 Å². The smallest absolute Gasteiger partial charge is 0.327 e. The number of H-pyrrole nitrogens is 2. The van der Waals surface area contributed by atoms with E-state index in [0.29, 0.717) is 11.1 Å². The number of aromatic amines is 2. The Labute approximate surface area is 142 Å². The Hall–Kier alpha value is -2.74. The van der Waals surface area contributed by atoms with Gasteiger partial charge >= 0.3 is 5.69 Å². The number of hydrogen-bond donors (Lipinski definition) is 3. The second kappa shape index (κ2) is 6.29. The first-order chi connectivity index (χ1) is 11.8. The zero-order chi connectivity index (χ0) is 18.3. The van der Waals surface area contributed by atoms with Gasteiger partial charge in [0.05, 0.1) is 12.6 Å². The molecule has 0 bridgehead atoms. The summed E-state index contributed by atoms with van der Waals surface area (Å²) in [7, 11) is 0. The van der Waals surface area contributed by atoms with Crippen LogP contribution < -0.4 is 11.2 Å². The number of nitrogens with zero attached hydrogens (tertiary/aromatic N) is 2. The molecular formula is C17H19FN4O3. The van der Waals surface area contributed by atoms with Gasteiger partial charge in [0.2, 0.25) is 0 Å². The molecular weight excluding hydrogens is 327 g/mol. The molecule has 132 valence electrons. The predicted molar refractivity (Wildman–Crippen MR) is 91.0 cm³/mol. The van der Waals surface area contributed by atoms with Crippen molar-refractivity contribution in [1.29, 1.82) is 0 Å². The van der Waals surface area contributed by atoms with Crippen LogP contribution >= 0.6 is 0 Å². The number of benzene rings is 1. The summed E-state index contributed by atoms with van der Waals surface area (Å²) in [6.45, 7) is 5.08. The van der Waals surface area contributed by atoms with E-state index in [4.69, 9.17) is 0 Å². The Morgan fingerprint density at radius 3 is 2.60 bits per heavy atom. The maximum atomic E-state index is 14.0. The van der Waals surface area contributed by atoms with Crippen LogP contribution in [0.25, 0.3) is 11.0 Å². The number of aryl methyl sites for hydroxylation is 1. The van der Waals surface area contributed by atoms with Gasteiger partial charge in [0, 0.05) is 0 Å². The van der Waals surface area contributed by atoms with Gasteiger partial charge in [0.25, 0.3) is 5.56 Å². The average molecular weight is 346 g/mol. The van der Waals surface area contributed by atoms with Crippen molar-refractivity contribution >= 4 is 11.0 Å². The van der Waals surface area contributed by atoms with Crippen molar-refractivity contribution in [2.24, 2.45) is 5.92 Å². The van der Waals surface area contributed by atoms with Gasteiger partial charge in [0.15, 0.2) is 0 Å². The van der Waals surface area contributed by atoms with Crippen molar-refractivity contribution in [1.82, 2.24) is 19.7 Å². The summed E-state index contributed by atoms with van der Waals surface area (Å²) in [5, 5.41) is 14.0. The third kappa shape index (κ3) is 2.89. The fourth-order valence-corrected chi connectivity index (χ4v) is 3.06. The maximum Gasteiger partial charge on any atom is 0.327 e. The third-order valence-electron chi connectivity index (χ3n) is 4.25. The van der Waals surface area contributed by atoms with Crippen molar-refractivity contribution < 1.29 is 9.50 Å². The standard InChI is InChI=1S/C17H19FN4O3/c1-8(2)14(10-5-4-9(3)11(18)6-10)22-15-13(12(7-23)21-22)16(24)20-17(25)19-15/h4-6,8,14,23H,7H2,1-3H3,(H2,19,20,24,25). The molecule has 0 spiro atoms. The van der Waals surface area contributed by atoms with Gasteiger partial charge < -0.3 is 5.11 Å². The highest BCUT2D eigenvalue weighted by molar-refractivity contribution is 5.77. The fraction of sp³-hybridized carbons (Fsp3) is 0.353. The normalized spacial score (nSPS) is 12.9. The van der Waals surface area contributed by atoms with Crippen molar-refractivity contribution in [2.75, 3.05) is 0 Å². The van der Waals surface area contributed by atoms with E-state index >= 15 is 0 Å². The Balaban J connectivity index is 2.32. The average Bonchev–Trinajstić information content (AvgIpc) is 2.89. The number of aliphatic hydroxyl groups excluding tert-OH is 1. The zero-order valence-electron chi connectivity index (χ0n) is 14.1. The number of hydrogen-bond acceptors (Lipinski definition) is 4. The van der Waals surface area contributed by atoms with Crippen LogP contribution in [0.2, 0.25) is 0 Å². The van der Waals surface area contributed by atoms with Gasteiger partial charge in [-0.2, -0.15) is 5.10 Å². The molecule has 0 amide bonds. The van der Waals surface area contributed by atoms with Gasteiger partial charge in [-0.15, -0.1) is 0 Å². The molecule has 0 aliphatic rings. The second-order valence-electron chi connectivity index (χ2n) is 6.38. The lowest BCUT2D eigenvalue weighted by Gasteiger charge is -2.23. The Morgan fingerprint density at radius 1 is 1.28 bits per heavy atom. The quantitative estimate of drug-likeness (QED) is 0.667. The molecule has 7 nitrogen and oxygen atoms in total. The second-order valence-corrected chi connectivity index (χ2v) is 6.38. The third-order valence-corrected chi connectivity index (χ3v) is 4.25. The van der Waals surface area contributed by atoms with Gasteiger partial charge in [0.1, 0.15) is 22.5 Å². The summed E-state index contributed by atoms with van der Waals surface area (Å²) < 4.78 is 15.5. The van der Waals surface area contributed by atoms with Crippen molar-refractivity contribution in [3.8, 4) is 0 Å². The van der Waals surface area contributed by atoms with Crippen LogP contribution in [-0.4, -0.2) is 24.9 Å². The minimum Gasteiger partial charge on any atom is -0.390 e. The van der Waals surface area contributed by atoms with Crippen LogP contribution in [0.15, 0.2) is 27.8 Å². The molecule has 0 saturated heterocycles. The van der Waals surface area contributed by atoms with Crippen LogP contribution in [0.5, 0.6) is 0 Å². The van der Waals surface area contributed by atoms with E-state index in [-0.39, 0.29) is 28.5 Å². The first-order valence-electron chi connectivity index (χ1n) is 7.94. The molecule has 1 atom stereocenters. The highest BCUT2D eigenvalue weighted by atomic mass is 19.1. The molecule has 25 heavy (non-hydrogen) atoms. The van der Waals surface area contributed by atoms with Crippen LogP contribution in [0.3, 0.4) is 0 Å². The van der Waals surface area contributed by atoms with E-state index in [0.717, 1.165) is 0 Å². The van der Waals surface area contributed by atoms with E-state index in [2.05, 4.69) is 15.1 Å². The molecule has 2 heterocycles. The summed E-state index contributed by atoms with van der Waals surface area (Å²) in [4.78, 5) is 28.5. The maximum absolute atomic E-state index is 14.0. The summed E-state index contributed by atoms with van der Waals surface area (Å²) in [5.74, 6) is -0.354. The van der Waals surface area contributed by atoms with E-state index in [1.807, 2.05) is 13.8 Å². The molecule has 2 aromatic heterocycles. The number of halogens is 1. The Morgan fingerprint density at radius 2 is 2.00 bits per heavy atom. The minimum absolute atomic E-state index is 0.0143. The van der Waals surface area contributed by atoms with Crippen molar-refractivity contribution in [2.45, 2.75) is 33.4 Å². The minimum atomic E-state index is -0.666. The Kier molecular flexibility index (Phi) is 4.30. The predicted octanol–water partition coefficient (Wildman–Crippen LogP) is 1.60. The highest BCUT2D eigenvalue weighted by Crippen LogP contribution is 2.30. The number of fused-ring (bicyclic) bond motifs is 1. The van der Waals surface area contributed by atoms with Crippen LogP contribution in [0, 0.1) is 18.7 Å². The van der Waals surface area contributed by atoms with Gasteiger partial charge in [-0.25, -0.2) is 13.9 Å². The molecule has 8 heteroatoms. The molecule has 0 aliphatic heterocycles. The number of aromatic nitrogens is 4. The zero-order valence-corrected chi connectivity index (χ0v) is 14.1. The molecule has 0 fully saturated rings. The molecule has 3 rings (SSSR count). The first kappa shape index (κ1) is 17.1. The number of aliphatic hydroxyl groups is 1. The van der Waals surface area contributed by atoms with Crippen molar-refractivity contribution in [3.05, 3.63) is 61.7 Å². The molecule has 1 aromatic carbocycles.